The first-order valence-electron chi connectivity index (χ1n) is 4.26. The Labute approximate surface area is 87.2 Å². The maximum absolute atomic E-state index is 4.28. The molecule has 0 aliphatic heterocycles. The zero-order valence-electron chi connectivity index (χ0n) is 7.84. The van der Waals surface area contributed by atoms with Crippen molar-refractivity contribution in [1.82, 2.24) is 5.32 Å². The largest absolute Gasteiger partial charge is 0.379 e. The number of aliphatic imine (C=N–C) groups is 1. The van der Waals surface area contributed by atoms with Crippen molar-refractivity contribution in [1.29, 1.82) is 0 Å². The molecule has 3 heteroatoms. The highest BCUT2D eigenvalue weighted by molar-refractivity contribution is 9.10. The summed E-state index contributed by atoms with van der Waals surface area (Å²) in [7, 11) is 1.84. The van der Waals surface area contributed by atoms with Gasteiger partial charge in [0.05, 0.1) is 12.0 Å². The van der Waals surface area contributed by atoms with Gasteiger partial charge in [0.2, 0.25) is 0 Å². The molecular formula is C10H13BrN2. The molecule has 2 nitrogen and oxygen atoms in total. The van der Waals surface area contributed by atoms with Crippen LogP contribution in [0.2, 0.25) is 0 Å². The maximum Gasteiger partial charge on any atom is 0.0883 e. The fourth-order valence-electron chi connectivity index (χ4n) is 1.10. The van der Waals surface area contributed by atoms with Gasteiger partial charge in [-0.1, -0.05) is 22.9 Å². The number of hydrogen-bond acceptors (Lipinski definition) is 1. The number of halogens is 1. The van der Waals surface area contributed by atoms with E-state index >= 15 is 0 Å². The minimum absolute atomic E-state index is 0.996. The molecule has 0 heterocycles. The van der Waals surface area contributed by atoms with Crippen molar-refractivity contribution in [3.05, 3.63) is 28.2 Å². The summed E-state index contributed by atoms with van der Waals surface area (Å²) < 4.78 is 1.10. The molecule has 0 saturated carbocycles. The van der Waals surface area contributed by atoms with Crippen LogP contribution in [0.1, 0.15) is 12.5 Å². The number of aryl methyl sites for hydroxylation is 1. The lowest BCUT2D eigenvalue weighted by atomic mass is 10.1. The van der Waals surface area contributed by atoms with Gasteiger partial charge >= 0.3 is 0 Å². The van der Waals surface area contributed by atoms with Crippen LogP contribution in [0, 0.1) is 0 Å². The molecule has 0 unspecified atom stereocenters. The standard InChI is InChI=1S/C10H13BrN2/c1-3-8-6-9(11)4-5-10(8)13-7-12-2/h4-7H,3H2,1-2H3,(H,12,13). The summed E-state index contributed by atoms with van der Waals surface area (Å²) in [5, 5.41) is 2.88. The zero-order valence-corrected chi connectivity index (χ0v) is 9.43. The topological polar surface area (TPSA) is 24.4 Å². The SMILES string of the molecule is CCc1cc(Br)ccc1N=CNC. The van der Waals surface area contributed by atoms with E-state index in [1.54, 1.807) is 6.34 Å². The van der Waals surface area contributed by atoms with E-state index in [1.165, 1.54) is 5.56 Å². The quantitative estimate of drug-likeness (QED) is 0.638. The van der Waals surface area contributed by atoms with Gasteiger partial charge in [-0.2, -0.15) is 0 Å². The Morgan fingerprint density at radius 3 is 2.92 bits per heavy atom. The molecule has 0 bridgehead atoms. The van der Waals surface area contributed by atoms with Gasteiger partial charge in [-0.3, -0.25) is 0 Å². The predicted octanol–water partition coefficient (Wildman–Crippen LogP) is 2.89. The normalized spacial score (nSPS) is 10.7. The summed E-state index contributed by atoms with van der Waals surface area (Å²) in [6, 6.07) is 6.11. The average Bonchev–Trinajstić information content (AvgIpc) is 2.16. The molecule has 0 radical (unpaired) electrons. The molecule has 0 saturated heterocycles. The minimum Gasteiger partial charge on any atom is -0.379 e. The molecule has 1 rings (SSSR count). The van der Waals surface area contributed by atoms with Crippen molar-refractivity contribution in [3.63, 3.8) is 0 Å². The Hall–Kier alpha value is -0.830. The van der Waals surface area contributed by atoms with E-state index in [9.17, 15) is 0 Å². The minimum atomic E-state index is 0.996. The summed E-state index contributed by atoms with van der Waals surface area (Å²) in [5.74, 6) is 0. The van der Waals surface area contributed by atoms with E-state index in [0.717, 1.165) is 16.6 Å². The van der Waals surface area contributed by atoms with E-state index in [4.69, 9.17) is 0 Å². The fourth-order valence-corrected chi connectivity index (χ4v) is 1.51. The van der Waals surface area contributed by atoms with E-state index in [-0.39, 0.29) is 0 Å². The van der Waals surface area contributed by atoms with E-state index in [1.807, 2.05) is 19.2 Å². The summed E-state index contributed by atoms with van der Waals surface area (Å²) in [6.45, 7) is 2.13. The molecule has 0 aliphatic carbocycles. The van der Waals surface area contributed by atoms with Crippen molar-refractivity contribution in [2.24, 2.45) is 4.99 Å². The number of nitrogens with zero attached hydrogens (tertiary/aromatic N) is 1. The van der Waals surface area contributed by atoms with Gasteiger partial charge in [-0.25, -0.2) is 4.99 Å². The highest BCUT2D eigenvalue weighted by Crippen LogP contribution is 2.23. The molecule has 0 atom stereocenters. The summed E-state index contributed by atoms with van der Waals surface area (Å²) >= 11 is 3.44. The first-order valence-corrected chi connectivity index (χ1v) is 5.05. The van der Waals surface area contributed by atoms with Gasteiger partial charge in [-0.05, 0) is 30.2 Å². The highest BCUT2D eigenvalue weighted by Gasteiger charge is 1.98. The molecule has 13 heavy (non-hydrogen) atoms. The van der Waals surface area contributed by atoms with Crippen molar-refractivity contribution in [3.8, 4) is 0 Å². The van der Waals surface area contributed by atoms with Crippen LogP contribution in [-0.2, 0) is 6.42 Å². The van der Waals surface area contributed by atoms with Gasteiger partial charge in [0.1, 0.15) is 0 Å². The fraction of sp³-hybridized carbons (Fsp3) is 0.300. The van der Waals surface area contributed by atoms with E-state index in [0.29, 0.717) is 0 Å². The number of hydrogen-bond donors (Lipinski definition) is 1. The van der Waals surface area contributed by atoms with Crippen LogP contribution >= 0.6 is 15.9 Å². The third kappa shape index (κ3) is 2.84. The van der Waals surface area contributed by atoms with E-state index < -0.39 is 0 Å². The van der Waals surface area contributed by atoms with Gasteiger partial charge in [0.15, 0.2) is 0 Å². The van der Waals surface area contributed by atoms with Crippen molar-refractivity contribution < 1.29 is 0 Å². The number of nitrogens with one attached hydrogen (secondary N) is 1. The van der Waals surface area contributed by atoms with Crippen LogP contribution in [0.4, 0.5) is 5.69 Å². The number of rotatable bonds is 3. The second-order valence-corrected chi connectivity index (χ2v) is 3.59. The van der Waals surface area contributed by atoms with Gasteiger partial charge in [0.25, 0.3) is 0 Å². The third-order valence-corrected chi connectivity index (χ3v) is 2.25. The Kier molecular flexibility index (Phi) is 3.96. The molecular weight excluding hydrogens is 228 g/mol. The molecule has 70 valence electrons. The van der Waals surface area contributed by atoms with Crippen LogP contribution < -0.4 is 5.32 Å². The lowest BCUT2D eigenvalue weighted by molar-refractivity contribution is 1.12. The maximum atomic E-state index is 4.28. The summed E-state index contributed by atoms with van der Waals surface area (Å²) in [4.78, 5) is 4.28. The van der Waals surface area contributed by atoms with Gasteiger partial charge in [-0.15, -0.1) is 0 Å². The lowest BCUT2D eigenvalue weighted by Crippen LogP contribution is -1.99. The van der Waals surface area contributed by atoms with Crippen LogP contribution in [0.5, 0.6) is 0 Å². The summed E-state index contributed by atoms with van der Waals surface area (Å²) in [5.41, 5.74) is 2.28. The molecule has 1 aromatic rings. The Balaban J connectivity index is 2.99. The summed E-state index contributed by atoms with van der Waals surface area (Å²) in [6.07, 6.45) is 2.69. The van der Waals surface area contributed by atoms with Crippen molar-refractivity contribution in [2.75, 3.05) is 7.05 Å². The Morgan fingerprint density at radius 2 is 2.31 bits per heavy atom. The third-order valence-electron chi connectivity index (χ3n) is 1.76. The van der Waals surface area contributed by atoms with Gasteiger partial charge < -0.3 is 5.32 Å². The molecule has 0 amide bonds. The van der Waals surface area contributed by atoms with Crippen molar-refractivity contribution >= 4 is 28.0 Å². The molecule has 1 aromatic carbocycles. The second-order valence-electron chi connectivity index (χ2n) is 2.67. The lowest BCUT2D eigenvalue weighted by Gasteiger charge is -2.02. The smallest absolute Gasteiger partial charge is 0.0883 e. The predicted molar refractivity (Wildman–Crippen MR) is 60.7 cm³/mol. The first kappa shape index (κ1) is 10.3. The van der Waals surface area contributed by atoms with E-state index in [2.05, 4.69) is 39.2 Å². The molecule has 1 N–H and O–H groups in total. The average molecular weight is 241 g/mol. The van der Waals surface area contributed by atoms with Crippen molar-refractivity contribution in [2.45, 2.75) is 13.3 Å². The van der Waals surface area contributed by atoms with Crippen LogP contribution in [0.15, 0.2) is 27.7 Å². The Morgan fingerprint density at radius 1 is 1.54 bits per heavy atom. The highest BCUT2D eigenvalue weighted by atomic mass is 79.9. The Bertz CT molecular complexity index is 308. The zero-order chi connectivity index (χ0) is 9.68. The first-order chi connectivity index (χ1) is 6.27. The molecule has 0 aromatic heterocycles. The molecule has 0 fully saturated rings. The molecule has 0 aliphatic rings. The number of benzene rings is 1. The molecule has 0 spiro atoms. The van der Waals surface area contributed by atoms with Crippen LogP contribution in [0.25, 0.3) is 0 Å². The van der Waals surface area contributed by atoms with Crippen LogP contribution in [0.3, 0.4) is 0 Å². The second kappa shape index (κ2) is 5.02. The van der Waals surface area contributed by atoms with Gasteiger partial charge in [0, 0.05) is 11.5 Å². The monoisotopic (exact) mass is 240 g/mol. The van der Waals surface area contributed by atoms with Crippen LogP contribution in [-0.4, -0.2) is 13.4 Å².